The van der Waals surface area contributed by atoms with E-state index in [1.807, 2.05) is 31.2 Å². The van der Waals surface area contributed by atoms with Crippen molar-refractivity contribution in [3.05, 3.63) is 59.4 Å². The largest absolute Gasteiger partial charge is 0.392 e. The Morgan fingerprint density at radius 2 is 1.89 bits per heavy atom. The van der Waals surface area contributed by atoms with Crippen LogP contribution in [0.3, 0.4) is 0 Å². The van der Waals surface area contributed by atoms with Crippen molar-refractivity contribution in [3.63, 3.8) is 0 Å². The number of carbonyl (C=O) groups excluding carboxylic acids is 1. The topological polar surface area (TPSA) is 53.4 Å². The summed E-state index contributed by atoms with van der Waals surface area (Å²) in [5.74, 6) is -0.173. The minimum Gasteiger partial charge on any atom is -0.392 e. The fraction of sp³-hybridized carbons (Fsp3) is 0.200. The lowest BCUT2D eigenvalue weighted by molar-refractivity contribution is 0.0988. The van der Waals surface area contributed by atoms with Crippen LogP contribution in [-0.2, 0) is 6.61 Å². The maximum atomic E-state index is 12.2. The Hall–Kier alpha value is -2.20. The number of carbonyl (C=O) groups is 1. The number of rotatable bonds is 3. The summed E-state index contributed by atoms with van der Waals surface area (Å²) in [6, 6.07) is 11.0. The molecule has 0 aliphatic heterocycles. The smallest absolute Gasteiger partial charge is 0.276 e. The minimum atomic E-state index is -0.173. The normalized spacial score (nSPS) is 10.3. The van der Waals surface area contributed by atoms with Crippen LogP contribution in [0.5, 0.6) is 0 Å². The van der Waals surface area contributed by atoms with Crippen LogP contribution in [0, 0.1) is 6.92 Å². The van der Waals surface area contributed by atoms with E-state index in [1.165, 1.54) is 6.20 Å². The van der Waals surface area contributed by atoms with Crippen LogP contribution >= 0.6 is 0 Å². The molecule has 0 bridgehead atoms. The molecule has 2 rings (SSSR count). The fourth-order valence-electron chi connectivity index (χ4n) is 1.70. The van der Waals surface area contributed by atoms with Crippen molar-refractivity contribution < 1.29 is 9.90 Å². The number of hydrogen-bond acceptors (Lipinski definition) is 3. The third-order valence-corrected chi connectivity index (χ3v) is 2.95. The Balaban J connectivity index is 2.20. The van der Waals surface area contributed by atoms with Gasteiger partial charge in [0.1, 0.15) is 5.69 Å². The van der Waals surface area contributed by atoms with E-state index in [4.69, 9.17) is 5.11 Å². The molecule has 1 amide bonds. The molecule has 1 heterocycles. The maximum Gasteiger partial charge on any atom is 0.276 e. The van der Waals surface area contributed by atoms with Gasteiger partial charge >= 0.3 is 0 Å². The lowest BCUT2D eigenvalue weighted by Gasteiger charge is -2.17. The van der Waals surface area contributed by atoms with Gasteiger partial charge in [0, 0.05) is 18.9 Å². The first-order valence-electron chi connectivity index (χ1n) is 6.02. The van der Waals surface area contributed by atoms with E-state index < -0.39 is 0 Å². The number of aliphatic hydroxyl groups is 1. The molecule has 0 saturated carbocycles. The molecule has 1 aromatic carbocycles. The molecule has 0 saturated heterocycles. The number of aromatic nitrogens is 1. The van der Waals surface area contributed by atoms with E-state index in [-0.39, 0.29) is 12.5 Å². The van der Waals surface area contributed by atoms with Gasteiger partial charge in [-0.05, 0) is 30.7 Å². The number of aryl methyl sites for hydroxylation is 1. The third-order valence-electron chi connectivity index (χ3n) is 2.95. The van der Waals surface area contributed by atoms with E-state index in [0.29, 0.717) is 11.3 Å². The Labute approximate surface area is 112 Å². The van der Waals surface area contributed by atoms with Gasteiger partial charge in [0.15, 0.2) is 0 Å². The van der Waals surface area contributed by atoms with E-state index in [0.717, 1.165) is 11.3 Å². The summed E-state index contributed by atoms with van der Waals surface area (Å²) in [5.41, 5.74) is 3.02. The zero-order chi connectivity index (χ0) is 13.8. The van der Waals surface area contributed by atoms with Crippen molar-refractivity contribution in [3.8, 4) is 0 Å². The van der Waals surface area contributed by atoms with Gasteiger partial charge in [-0.15, -0.1) is 0 Å². The van der Waals surface area contributed by atoms with Crippen molar-refractivity contribution in [2.45, 2.75) is 13.5 Å². The van der Waals surface area contributed by atoms with Crippen molar-refractivity contribution >= 4 is 11.6 Å². The Morgan fingerprint density at radius 1 is 1.21 bits per heavy atom. The summed E-state index contributed by atoms with van der Waals surface area (Å²) in [7, 11) is 1.72. The fourth-order valence-corrected chi connectivity index (χ4v) is 1.70. The second-order valence-electron chi connectivity index (χ2n) is 4.41. The van der Waals surface area contributed by atoms with Gasteiger partial charge in [0.05, 0.1) is 6.61 Å². The summed E-state index contributed by atoms with van der Waals surface area (Å²) >= 11 is 0. The zero-order valence-corrected chi connectivity index (χ0v) is 11.0. The molecule has 0 unspecified atom stereocenters. The van der Waals surface area contributed by atoms with Gasteiger partial charge in [0.2, 0.25) is 0 Å². The quantitative estimate of drug-likeness (QED) is 0.915. The second-order valence-corrected chi connectivity index (χ2v) is 4.41. The number of pyridine rings is 1. The van der Waals surface area contributed by atoms with Crippen LogP contribution in [-0.4, -0.2) is 23.0 Å². The molecule has 98 valence electrons. The SMILES string of the molecule is Cc1ccc(N(C)C(=O)c2ccc(CO)cn2)cc1. The predicted molar refractivity (Wildman–Crippen MR) is 74.1 cm³/mol. The standard InChI is InChI=1S/C15H16N2O2/c1-11-3-6-13(7-4-11)17(2)15(19)14-8-5-12(10-18)9-16-14/h3-9,18H,10H2,1-2H3. The molecule has 0 atom stereocenters. The van der Waals surface area contributed by atoms with E-state index in [1.54, 1.807) is 24.1 Å². The molecular formula is C15H16N2O2. The molecular weight excluding hydrogens is 240 g/mol. The molecule has 0 fully saturated rings. The Bertz CT molecular complexity index is 562. The number of hydrogen-bond donors (Lipinski definition) is 1. The molecule has 19 heavy (non-hydrogen) atoms. The van der Waals surface area contributed by atoms with E-state index in [2.05, 4.69) is 4.98 Å². The highest BCUT2D eigenvalue weighted by atomic mass is 16.3. The van der Waals surface area contributed by atoms with Crippen molar-refractivity contribution in [2.75, 3.05) is 11.9 Å². The van der Waals surface area contributed by atoms with Crippen molar-refractivity contribution in [2.24, 2.45) is 0 Å². The first kappa shape index (κ1) is 13.2. The number of nitrogens with zero attached hydrogens (tertiary/aromatic N) is 2. The summed E-state index contributed by atoms with van der Waals surface area (Å²) in [5, 5.41) is 8.94. The number of benzene rings is 1. The average Bonchev–Trinajstić information content (AvgIpc) is 2.46. The molecule has 4 nitrogen and oxygen atoms in total. The first-order chi connectivity index (χ1) is 9.11. The maximum absolute atomic E-state index is 12.2. The van der Waals surface area contributed by atoms with Gasteiger partial charge < -0.3 is 10.0 Å². The monoisotopic (exact) mass is 256 g/mol. The van der Waals surface area contributed by atoms with Crippen molar-refractivity contribution in [1.29, 1.82) is 0 Å². The highest BCUT2D eigenvalue weighted by molar-refractivity contribution is 6.04. The van der Waals surface area contributed by atoms with Crippen molar-refractivity contribution in [1.82, 2.24) is 4.98 Å². The predicted octanol–water partition coefficient (Wildman–Crippen LogP) is 2.16. The molecule has 0 spiro atoms. The summed E-state index contributed by atoms with van der Waals surface area (Å²) in [6.45, 7) is 1.93. The van der Waals surface area contributed by atoms with E-state index in [9.17, 15) is 4.79 Å². The second kappa shape index (κ2) is 5.63. The third kappa shape index (κ3) is 2.98. The number of amides is 1. The van der Waals surface area contributed by atoms with Crippen LogP contribution in [0.15, 0.2) is 42.6 Å². The van der Waals surface area contributed by atoms with Crippen LogP contribution in [0.2, 0.25) is 0 Å². The highest BCUT2D eigenvalue weighted by Crippen LogP contribution is 2.15. The Morgan fingerprint density at radius 3 is 2.42 bits per heavy atom. The summed E-state index contributed by atoms with van der Waals surface area (Å²) in [4.78, 5) is 17.8. The first-order valence-corrected chi connectivity index (χ1v) is 6.02. The van der Waals surface area contributed by atoms with Crippen LogP contribution in [0.1, 0.15) is 21.6 Å². The van der Waals surface area contributed by atoms with Gasteiger partial charge in [0.25, 0.3) is 5.91 Å². The lowest BCUT2D eigenvalue weighted by atomic mass is 10.2. The lowest BCUT2D eigenvalue weighted by Crippen LogP contribution is -2.27. The van der Waals surface area contributed by atoms with Crippen LogP contribution in [0.25, 0.3) is 0 Å². The summed E-state index contributed by atoms with van der Waals surface area (Å²) < 4.78 is 0. The molecule has 2 aromatic rings. The van der Waals surface area contributed by atoms with Gasteiger partial charge in [-0.2, -0.15) is 0 Å². The number of aliphatic hydroxyl groups excluding tert-OH is 1. The molecule has 1 aromatic heterocycles. The zero-order valence-electron chi connectivity index (χ0n) is 11.0. The van der Waals surface area contributed by atoms with E-state index >= 15 is 0 Å². The average molecular weight is 256 g/mol. The van der Waals surface area contributed by atoms with Gasteiger partial charge in [-0.3, -0.25) is 9.78 Å². The van der Waals surface area contributed by atoms with Crippen LogP contribution in [0.4, 0.5) is 5.69 Å². The molecule has 0 aliphatic carbocycles. The van der Waals surface area contributed by atoms with Gasteiger partial charge in [-0.25, -0.2) is 0 Å². The molecule has 1 N–H and O–H groups in total. The number of anilines is 1. The summed E-state index contributed by atoms with van der Waals surface area (Å²) in [6.07, 6.45) is 1.51. The Kier molecular flexibility index (Phi) is 3.92. The minimum absolute atomic E-state index is 0.0741. The molecule has 0 aliphatic rings. The molecule has 4 heteroatoms. The molecule has 0 radical (unpaired) electrons. The van der Waals surface area contributed by atoms with Gasteiger partial charge in [-0.1, -0.05) is 23.8 Å². The van der Waals surface area contributed by atoms with Crippen LogP contribution < -0.4 is 4.90 Å². The highest BCUT2D eigenvalue weighted by Gasteiger charge is 2.14.